The van der Waals surface area contributed by atoms with Crippen LogP contribution in [0.5, 0.6) is 17.2 Å². The van der Waals surface area contributed by atoms with Crippen molar-refractivity contribution in [2.24, 2.45) is 0 Å². The molecule has 5 rings (SSSR count). The molecule has 2 aromatic carbocycles. The number of ether oxygens (including phenoxy) is 4. The SMILES string of the molecule is O=c1cc(-c2ccc(O)cc2)oc2cc(O[C@@H]3O[C@H](CO[C@@H]4OC[C@](O)(CO)[C@H]4O)[C@@H](O)[C@H](O)[C@H]3O)cc(O)c12. The van der Waals surface area contributed by atoms with Crippen LogP contribution in [0.2, 0.25) is 0 Å². The molecular formula is C26H28O14. The van der Waals surface area contributed by atoms with E-state index in [1.165, 1.54) is 36.4 Å². The second-order valence-electron chi connectivity index (χ2n) is 9.69. The molecule has 2 aliphatic rings. The first-order valence-corrected chi connectivity index (χ1v) is 12.2. The smallest absolute Gasteiger partial charge is 0.229 e. The third kappa shape index (κ3) is 5.24. The molecule has 0 aliphatic carbocycles. The van der Waals surface area contributed by atoms with Crippen LogP contribution in [0.15, 0.2) is 51.7 Å². The Bertz CT molecular complexity index is 1410. The van der Waals surface area contributed by atoms with Crippen molar-refractivity contribution in [1.29, 1.82) is 0 Å². The van der Waals surface area contributed by atoms with E-state index in [1.807, 2.05) is 0 Å². The van der Waals surface area contributed by atoms with E-state index in [9.17, 15) is 45.6 Å². The summed E-state index contributed by atoms with van der Waals surface area (Å²) in [6.45, 7) is -1.68. The van der Waals surface area contributed by atoms with E-state index < -0.39 is 79.7 Å². The first-order chi connectivity index (χ1) is 19.0. The van der Waals surface area contributed by atoms with Crippen molar-refractivity contribution in [2.45, 2.75) is 48.7 Å². The maximum atomic E-state index is 12.7. The summed E-state index contributed by atoms with van der Waals surface area (Å²) < 4.78 is 27.5. The van der Waals surface area contributed by atoms with E-state index in [2.05, 4.69) is 0 Å². The molecule has 8 atom stereocenters. The molecule has 8 N–H and O–H groups in total. The second kappa shape index (κ2) is 10.9. The Morgan fingerprint density at radius 1 is 0.950 bits per heavy atom. The maximum absolute atomic E-state index is 12.7. The maximum Gasteiger partial charge on any atom is 0.229 e. The van der Waals surface area contributed by atoms with Gasteiger partial charge >= 0.3 is 0 Å². The fourth-order valence-corrected chi connectivity index (χ4v) is 4.49. The molecule has 0 spiro atoms. The molecule has 2 aliphatic heterocycles. The standard InChI is InChI=1S/C26H28O14/c27-9-26(35)10-37-25(23(26)34)36-8-18-20(31)21(32)22(33)24(40-18)38-13-5-14(29)19-15(30)7-16(39-17(19)6-13)11-1-3-12(28)4-2-11/h1-7,18,20-25,27-29,31-35H,8-10H2/t18-,20-,21+,22-,23+,24-,25-,26-/m1/s1. The third-order valence-corrected chi connectivity index (χ3v) is 6.86. The van der Waals surface area contributed by atoms with Crippen LogP contribution in [0.4, 0.5) is 0 Å². The zero-order chi connectivity index (χ0) is 28.8. The minimum atomic E-state index is -1.94. The number of hydrogen-bond donors (Lipinski definition) is 8. The largest absolute Gasteiger partial charge is 0.508 e. The number of benzene rings is 2. The molecule has 40 heavy (non-hydrogen) atoms. The molecule has 14 nitrogen and oxygen atoms in total. The van der Waals surface area contributed by atoms with Crippen LogP contribution in [0.1, 0.15) is 0 Å². The van der Waals surface area contributed by atoms with Gasteiger partial charge in [-0.1, -0.05) is 0 Å². The van der Waals surface area contributed by atoms with E-state index in [4.69, 9.17) is 23.4 Å². The van der Waals surface area contributed by atoms with Crippen LogP contribution in [-0.4, -0.2) is 109 Å². The zero-order valence-electron chi connectivity index (χ0n) is 20.7. The molecule has 0 amide bonds. The second-order valence-corrected chi connectivity index (χ2v) is 9.69. The van der Waals surface area contributed by atoms with Gasteiger partial charge in [-0.15, -0.1) is 0 Å². The third-order valence-electron chi connectivity index (χ3n) is 6.86. The zero-order valence-corrected chi connectivity index (χ0v) is 20.7. The van der Waals surface area contributed by atoms with E-state index in [0.29, 0.717) is 5.56 Å². The summed E-state index contributed by atoms with van der Waals surface area (Å²) in [5.41, 5.74) is -2.09. The van der Waals surface area contributed by atoms with Gasteiger partial charge in [0.1, 0.15) is 70.1 Å². The summed E-state index contributed by atoms with van der Waals surface area (Å²) in [5, 5.41) is 80.6. The fourth-order valence-electron chi connectivity index (χ4n) is 4.49. The van der Waals surface area contributed by atoms with Gasteiger partial charge in [-0.2, -0.15) is 0 Å². The van der Waals surface area contributed by atoms with Gasteiger partial charge in [-0.05, 0) is 24.3 Å². The minimum absolute atomic E-state index is 0.0147. The molecule has 3 heterocycles. The molecule has 2 fully saturated rings. The average molecular weight is 564 g/mol. The van der Waals surface area contributed by atoms with Gasteiger partial charge in [0.25, 0.3) is 0 Å². The highest BCUT2D eigenvalue weighted by atomic mass is 16.7. The fraction of sp³-hybridized carbons (Fsp3) is 0.423. The molecular weight excluding hydrogens is 536 g/mol. The Hall–Kier alpha value is -3.31. The van der Waals surface area contributed by atoms with E-state index in [-0.39, 0.29) is 28.2 Å². The lowest BCUT2D eigenvalue weighted by Gasteiger charge is -2.40. The number of rotatable bonds is 7. The summed E-state index contributed by atoms with van der Waals surface area (Å²) in [5.74, 6) is -0.456. The van der Waals surface area contributed by atoms with Crippen LogP contribution in [0.3, 0.4) is 0 Å². The highest BCUT2D eigenvalue weighted by Crippen LogP contribution is 2.34. The molecule has 0 bridgehead atoms. The van der Waals surface area contributed by atoms with E-state index in [0.717, 1.165) is 6.07 Å². The molecule has 14 heteroatoms. The van der Waals surface area contributed by atoms with E-state index in [1.54, 1.807) is 0 Å². The number of aliphatic hydroxyl groups is 6. The summed E-state index contributed by atoms with van der Waals surface area (Å²) in [7, 11) is 0. The van der Waals surface area contributed by atoms with Crippen molar-refractivity contribution < 1.29 is 64.2 Å². The van der Waals surface area contributed by atoms with E-state index >= 15 is 0 Å². The molecule has 3 aromatic rings. The van der Waals surface area contributed by atoms with Crippen LogP contribution >= 0.6 is 0 Å². The van der Waals surface area contributed by atoms with Crippen molar-refractivity contribution in [3.63, 3.8) is 0 Å². The van der Waals surface area contributed by atoms with Crippen LogP contribution < -0.4 is 10.2 Å². The Balaban J connectivity index is 1.35. The molecule has 1 aromatic heterocycles. The van der Waals surface area contributed by atoms with Gasteiger partial charge in [0.15, 0.2) is 11.7 Å². The number of phenolic OH excluding ortho intramolecular Hbond substituents is 2. The van der Waals surface area contributed by atoms with Crippen molar-refractivity contribution in [3.8, 4) is 28.6 Å². The highest BCUT2D eigenvalue weighted by Gasteiger charge is 2.50. The normalized spacial score (nSPS) is 32.4. The lowest BCUT2D eigenvalue weighted by Crippen LogP contribution is -2.60. The number of aromatic hydroxyl groups is 2. The number of fused-ring (bicyclic) bond motifs is 1. The van der Waals surface area contributed by atoms with Gasteiger partial charge in [0.2, 0.25) is 6.29 Å². The molecule has 0 unspecified atom stereocenters. The van der Waals surface area contributed by atoms with Crippen LogP contribution in [0.25, 0.3) is 22.3 Å². The predicted molar refractivity (Wildman–Crippen MR) is 132 cm³/mol. The summed E-state index contributed by atoms with van der Waals surface area (Å²) in [6.07, 6.45) is -11.1. The van der Waals surface area contributed by atoms with Crippen molar-refractivity contribution >= 4 is 11.0 Å². The minimum Gasteiger partial charge on any atom is -0.508 e. The Kier molecular flexibility index (Phi) is 7.71. The quantitative estimate of drug-likeness (QED) is 0.164. The molecule has 0 radical (unpaired) electrons. The summed E-state index contributed by atoms with van der Waals surface area (Å²) in [6, 6.07) is 9.39. The molecule has 2 saturated heterocycles. The predicted octanol–water partition coefficient (Wildman–Crippen LogP) is -1.49. The lowest BCUT2D eigenvalue weighted by atomic mass is 9.99. The average Bonchev–Trinajstić information content (AvgIpc) is 3.21. The monoisotopic (exact) mass is 564 g/mol. The number of aliphatic hydroxyl groups excluding tert-OH is 5. The first-order valence-electron chi connectivity index (χ1n) is 12.2. The number of phenols is 2. The van der Waals surface area contributed by atoms with Gasteiger partial charge < -0.3 is 64.2 Å². The highest BCUT2D eigenvalue weighted by molar-refractivity contribution is 5.86. The Morgan fingerprint density at radius 3 is 2.35 bits per heavy atom. The Morgan fingerprint density at radius 2 is 1.68 bits per heavy atom. The van der Waals surface area contributed by atoms with Gasteiger partial charge in [0.05, 0.1) is 19.8 Å². The van der Waals surface area contributed by atoms with Gasteiger partial charge in [0, 0.05) is 23.8 Å². The van der Waals surface area contributed by atoms with Crippen molar-refractivity contribution in [1.82, 2.24) is 0 Å². The lowest BCUT2D eigenvalue weighted by molar-refractivity contribution is -0.289. The van der Waals surface area contributed by atoms with Gasteiger partial charge in [-0.25, -0.2) is 0 Å². The van der Waals surface area contributed by atoms with Crippen molar-refractivity contribution in [2.75, 3.05) is 19.8 Å². The van der Waals surface area contributed by atoms with Crippen LogP contribution in [0, 0.1) is 0 Å². The number of hydrogen-bond acceptors (Lipinski definition) is 14. The summed E-state index contributed by atoms with van der Waals surface area (Å²) in [4.78, 5) is 12.7. The summed E-state index contributed by atoms with van der Waals surface area (Å²) >= 11 is 0. The van der Waals surface area contributed by atoms with Crippen molar-refractivity contribution in [3.05, 3.63) is 52.7 Å². The van der Waals surface area contributed by atoms with Crippen LogP contribution in [-0.2, 0) is 14.2 Å². The molecule has 0 saturated carbocycles. The topological polar surface area (TPSA) is 229 Å². The Labute approximate surface area is 225 Å². The molecule has 216 valence electrons. The first kappa shape index (κ1) is 28.2. The van der Waals surface area contributed by atoms with Gasteiger partial charge in [-0.3, -0.25) is 4.79 Å².